The average molecular weight is 1140 g/mol. The van der Waals surface area contributed by atoms with Crippen LogP contribution in [0.2, 0.25) is 0 Å². The van der Waals surface area contributed by atoms with Gasteiger partial charge in [0.2, 0.25) is 0 Å². The van der Waals surface area contributed by atoms with Crippen LogP contribution in [0, 0.1) is 0 Å². The van der Waals surface area contributed by atoms with Gasteiger partial charge in [-0.15, -0.1) is 0 Å². The second kappa shape index (κ2) is 57.1. The fraction of sp³-hybridized carbons (Fsp3) is 0.826. The van der Waals surface area contributed by atoms with E-state index in [1.165, 1.54) is 148 Å². The summed E-state index contributed by atoms with van der Waals surface area (Å²) in [4.78, 5) is 51.4. The molecule has 12 heteroatoms. The number of carbonyl (C=O) groups is 4. The first-order valence-electron chi connectivity index (χ1n) is 33.6. The summed E-state index contributed by atoms with van der Waals surface area (Å²) in [5, 5.41) is 31.6. The zero-order chi connectivity index (χ0) is 58.9. The molecule has 0 aromatic heterocycles. The number of rotatable bonds is 58. The number of unbranched alkanes of at least 4 members (excludes halogenated alkanes) is 36. The third kappa shape index (κ3) is 46.7. The molecule has 0 aliphatic carbocycles. The van der Waals surface area contributed by atoms with Crippen LogP contribution in [0.1, 0.15) is 316 Å². The molecule has 12 nitrogen and oxygen atoms in total. The number of carboxylic acids is 1. The molecule has 1 heterocycles. The van der Waals surface area contributed by atoms with E-state index in [2.05, 4.69) is 69.4 Å². The Hall–Kier alpha value is -3.32. The SMILES string of the molecule is CC/C=C\C/C=C\C/C=C\CCCCCCCCCC(=O)OCC(COC1OC(C(=O)O)C(O)C(O)C1OC(=O)CCCCCCCCCCCCCCCCCCCCC)OC(=O)CCCCCCC/C=C\CCCCCCCC. The number of hydrogen-bond donors (Lipinski definition) is 3. The lowest BCUT2D eigenvalue weighted by Crippen LogP contribution is -2.61. The number of aliphatic carboxylic acids is 1. The second-order valence-electron chi connectivity index (χ2n) is 23.1. The lowest BCUT2D eigenvalue weighted by molar-refractivity contribution is -0.301. The van der Waals surface area contributed by atoms with E-state index in [4.69, 9.17) is 23.7 Å². The summed E-state index contributed by atoms with van der Waals surface area (Å²) >= 11 is 0. The van der Waals surface area contributed by atoms with Crippen LogP contribution in [0.5, 0.6) is 0 Å². The van der Waals surface area contributed by atoms with E-state index in [0.29, 0.717) is 19.3 Å². The number of aliphatic hydroxyl groups is 2. The van der Waals surface area contributed by atoms with E-state index in [-0.39, 0.29) is 25.9 Å². The Morgan fingerprint density at radius 1 is 0.420 bits per heavy atom. The number of carbonyl (C=O) groups excluding carboxylic acids is 3. The molecule has 81 heavy (non-hydrogen) atoms. The highest BCUT2D eigenvalue weighted by molar-refractivity contribution is 5.74. The first-order chi connectivity index (χ1) is 39.6. The van der Waals surface area contributed by atoms with Crippen molar-refractivity contribution in [2.24, 2.45) is 0 Å². The van der Waals surface area contributed by atoms with Crippen molar-refractivity contribution < 1.29 is 58.2 Å². The number of carboxylic acid groups (broad SMARTS) is 1. The smallest absolute Gasteiger partial charge is 0.335 e. The van der Waals surface area contributed by atoms with Crippen LogP contribution < -0.4 is 0 Å². The van der Waals surface area contributed by atoms with Gasteiger partial charge < -0.3 is 39.0 Å². The Morgan fingerprint density at radius 2 is 0.778 bits per heavy atom. The van der Waals surface area contributed by atoms with Crippen LogP contribution in [0.4, 0.5) is 0 Å². The van der Waals surface area contributed by atoms with Gasteiger partial charge in [0.25, 0.3) is 0 Å². The van der Waals surface area contributed by atoms with Gasteiger partial charge >= 0.3 is 23.9 Å². The molecule has 0 aromatic rings. The molecular formula is C69H122O12. The Labute approximate surface area is 494 Å². The van der Waals surface area contributed by atoms with Crippen molar-refractivity contribution in [1.29, 1.82) is 0 Å². The molecule has 0 spiro atoms. The van der Waals surface area contributed by atoms with Crippen molar-refractivity contribution in [3.63, 3.8) is 0 Å². The zero-order valence-electron chi connectivity index (χ0n) is 52.0. The van der Waals surface area contributed by atoms with Crippen molar-refractivity contribution in [3.05, 3.63) is 48.6 Å². The minimum atomic E-state index is -1.90. The first-order valence-corrected chi connectivity index (χ1v) is 33.6. The molecule has 1 aliphatic heterocycles. The Kier molecular flexibility index (Phi) is 53.4. The van der Waals surface area contributed by atoms with Crippen LogP contribution in [-0.4, -0.2) is 89.2 Å². The topological polar surface area (TPSA) is 175 Å². The van der Waals surface area contributed by atoms with Crippen molar-refractivity contribution in [1.82, 2.24) is 0 Å². The Bertz CT molecular complexity index is 1590. The largest absolute Gasteiger partial charge is 0.479 e. The maximum Gasteiger partial charge on any atom is 0.335 e. The van der Waals surface area contributed by atoms with E-state index in [1.54, 1.807) is 0 Å². The van der Waals surface area contributed by atoms with Crippen molar-refractivity contribution in [3.8, 4) is 0 Å². The maximum atomic E-state index is 13.2. The van der Waals surface area contributed by atoms with Gasteiger partial charge in [-0.05, 0) is 77.0 Å². The third-order valence-electron chi connectivity index (χ3n) is 15.4. The lowest BCUT2D eigenvalue weighted by Gasteiger charge is -2.40. The average Bonchev–Trinajstić information content (AvgIpc) is 3.53. The predicted molar refractivity (Wildman–Crippen MR) is 331 cm³/mol. The van der Waals surface area contributed by atoms with E-state index in [9.17, 15) is 34.5 Å². The fourth-order valence-corrected chi connectivity index (χ4v) is 10.3. The van der Waals surface area contributed by atoms with Gasteiger partial charge in [-0.1, -0.05) is 268 Å². The third-order valence-corrected chi connectivity index (χ3v) is 15.4. The van der Waals surface area contributed by atoms with Gasteiger partial charge in [-0.2, -0.15) is 0 Å². The number of aliphatic hydroxyl groups excluding tert-OH is 2. The van der Waals surface area contributed by atoms with Crippen LogP contribution in [-0.2, 0) is 42.9 Å². The Balaban J connectivity index is 2.63. The molecular weight excluding hydrogens is 1020 g/mol. The standard InChI is InChI=1S/C69H122O12/c1-4-7-10-13-16-19-22-25-28-30-31-33-36-39-42-45-48-51-54-57-63(72)80-67-65(74)64(73)66(68(75)76)81-69(67)78-59-60(79-62(71)56-53-50-47-44-41-38-34-27-24-21-18-15-12-9-6-3)58-77-61(70)55-52-49-46-43-40-37-35-32-29-26-23-20-17-14-11-8-5-2/h8,11,17,20,26-27,29,34,60,64-67,69,73-74H,4-7,9-10,12-16,18-19,21-25,28,30-33,35-59H2,1-3H3,(H,75,76)/b11-8-,20-17-,29-26-,34-27-. The summed E-state index contributed by atoms with van der Waals surface area (Å²) in [5.41, 5.74) is 0. The van der Waals surface area contributed by atoms with Gasteiger partial charge in [0.05, 0.1) is 6.61 Å². The quantitative estimate of drug-likeness (QED) is 0.0228. The highest BCUT2D eigenvalue weighted by Gasteiger charge is 2.50. The molecule has 0 aromatic carbocycles. The van der Waals surface area contributed by atoms with Gasteiger partial charge in [-0.25, -0.2) is 4.79 Å². The summed E-state index contributed by atoms with van der Waals surface area (Å²) in [5.74, 6) is -3.11. The minimum Gasteiger partial charge on any atom is -0.479 e. The lowest BCUT2D eigenvalue weighted by atomic mass is 9.98. The summed E-state index contributed by atoms with van der Waals surface area (Å²) in [6, 6.07) is 0. The molecule has 0 radical (unpaired) electrons. The molecule has 470 valence electrons. The number of allylic oxidation sites excluding steroid dienone is 8. The van der Waals surface area contributed by atoms with E-state index < -0.39 is 67.3 Å². The number of hydrogen-bond acceptors (Lipinski definition) is 11. The molecule has 1 saturated heterocycles. The molecule has 0 amide bonds. The van der Waals surface area contributed by atoms with Crippen LogP contribution in [0.25, 0.3) is 0 Å². The normalized spacial score (nSPS) is 18.0. The molecule has 1 aliphatic rings. The molecule has 0 saturated carbocycles. The monoisotopic (exact) mass is 1140 g/mol. The molecule has 6 unspecified atom stereocenters. The van der Waals surface area contributed by atoms with Gasteiger partial charge in [0.15, 0.2) is 24.6 Å². The highest BCUT2D eigenvalue weighted by atomic mass is 16.7. The number of esters is 3. The summed E-state index contributed by atoms with van der Waals surface area (Å²) in [6.07, 6.45) is 57.8. The predicted octanol–water partition coefficient (Wildman–Crippen LogP) is 18.1. The molecule has 6 atom stereocenters. The van der Waals surface area contributed by atoms with Crippen molar-refractivity contribution >= 4 is 23.9 Å². The van der Waals surface area contributed by atoms with Gasteiger partial charge in [-0.3, -0.25) is 14.4 Å². The highest BCUT2D eigenvalue weighted by Crippen LogP contribution is 2.27. The van der Waals surface area contributed by atoms with Crippen molar-refractivity contribution in [2.45, 2.75) is 353 Å². The maximum absolute atomic E-state index is 13.2. The zero-order valence-corrected chi connectivity index (χ0v) is 52.0. The molecule has 1 rings (SSSR count). The molecule has 1 fully saturated rings. The Morgan fingerprint density at radius 3 is 1.20 bits per heavy atom. The minimum absolute atomic E-state index is 0.0635. The van der Waals surface area contributed by atoms with Crippen LogP contribution in [0.3, 0.4) is 0 Å². The van der Waals surface area contributed by atoms with Crippen LogP contribution >= 0.6 is 0 Å². The molecule has 0 bridgehead atoms. The van der Waals surface area contributed by atoms with E-state index >= 15 is 0 Å². The fourth-order valence-electron chi connectivity index (χ4n) is 10.3. The van der Waals surface area contributed by atoms with E-state index in [1.807, 2.05) is 0 Å². The van der Waals surface area contributed by atoms with Gasteiger partial charge in [0.1, 0.15) is 18.8 Å². The van der Waals surface area contributed by atoms with Crippen LogP contribution in [0.15, 0.2) is 48.6 Å². The summed E-state index contributed by atoms with van der Waals surface area (Å²) in [6.45, 7) is 5.92. The first kappa shape index (κ1) is 75.7. The molecule has 3 N–H and O–H groups in total. The second-order valence-corrected chi connectivity index (χ2v) is 23.1. The van der Waals surface area contributed by atoms with Crippen molar-refractivity contribution in [2.75, 3.05) is 13.2 Å². The van der Waals surface area contributed by atoms with Gasteiger partial charge in [0, 0.05) is 19.3 Å². The summed E-state index contributed by atoms with van der Waals surface area (Å²) < 4.78 is 28.6. The summed E-state index contributed by atoms with van der Waals surface area (Å²) in [7, 11) is 0. The number of ether oxygens (including phenoxy) is 5. The van der Waals surface area contributed by atoms with E-state index in [0.717, 1.165) is 109 Å².